The number of aliphatic carboxylic acids is 1. The lowest BCUT2D eigenvalue weighted by Crippen LogP contribution is -2.59. The fourth-order valence-electron chi connectivity index (χ4n) is 2.54. The van der Waals surface area contributed by atoms with Crippen LogP contribution in [-0.2, 0) is 4.79 Å². The Kier molecular flexibility index (Phi) is 1.62. The average molecular weight is 205 g/mol. The van der Waals surface area contributed by atoms with Gasteiger partial charge >= 0.3 is 5.97 Å². The first kappa shape index (κ1) is 8.79. The molecule has 2 N–H and O–H groups in total. The van der Waals surface area contributed by atoms with Gasteiger partial charge < -0.3 is 10.4 Å². The van der Waals surface area contributed by atoms with Gasteiger partial charge in [0, 0.05) is 29.8 Å². The van der Waals surface area contributed by atoms with Gasteiger partial charge in [0.05, 0.1) is 0 Å². The van der Waals surface area contributed by atoms with Crippen molar-refractivity contribution in [1.82, 2.24) is 15.3 Å². The van der Waals surface area contributed by atoms with E-state index >= 15 is 0 Å². The lowest BCUT2D eigenvalue weighted by Gasteiger charge is -2.36. The molecular formula is C10H11N3O2. The smallest absolute Gasteiger partial charge is 0.321 e. The molecule has 1 spiro atoms. The highest BCUT2D eigenvalue weighted by atomic mass is 16.4. The zero-order valence-corrected chi connectivity index (χ0v) is 8.05. The Labute approximate surface area is 86.6 Å². The molecule has 2 heterocycles. The van der Waals surface area contributed by atoms with E-state index in [0.29, 0.717) is 5.92 Å². The third-order valence-corrected chi connectivity index (χ3v) is 3.54. The molecule has 1 aromatic rings. The summed E-state index contributed by atoms with van der Waals surface area (Å²) in [5, 5.41) is 11.9. The largest absolute Gasteiger partial charge is 0.480 e. The average Bonchev–Trinajstić information content (AvgIpc) is 2.94. The topological polar surface area (TPSA) is 75.1 Å². The van der Waals surface area contributed by atoms with Crippen molar-refractivity contribution in [3.63, 3.8) is 0 Å². The molecular weight excluding hydrogens is 194 g/mol. The minimum atomic E-state index is -0.752. The summed E-state index contributed by atoms with van der Waals surface area (Å²) < 4.78 is 0. The Morgan fingerprint density at radius 1 is 1.67 bits per heavy atom. The quantitative estimate of drug-likeness (QED) is 0.711. The molecule has 5 nitrogen and oxygen atoms in total. The lowest BCUT2D eigenvalue weighted by molar-refractivity contribution is -0.144. The summed E-state index contributed by atoms with van der Waals surface area (Å²) in [5.74, 6) is -0.458. The van der Waals surface area contributed by atoms with Crippen molar-refractivity contribution in [2.75, 3.05) is 6.54 Å². The fourth-order valence-corrected chi connectivity index (χ4v) is 2.54. The van der Waals surface area contributed by atoms with E-state index < -0.39 is 12.0 Å². The second-order valence-electron chi connectivity index (χ2n) is 4.28. The van der Waals surface area contributed by atoms with Gasteiger partial charge in [0.1, 0.15) is 12.4 Å². The van der Waals surface area contributed by atoms with Gasteiger partial charge in [-0.1, -0.05) is 0 Å². The van der Waals surface area contributed by atoms with Crippen LogP contribution in [0.3, 0.4) is 0 Å². The van der Waals surface area contributed by atoms with Gasteiger partial charge in [-0.25, -0.2) is 9.97 Å². The number of carboxylic acid groups (broad SMARTS) is 1. The fraction of sp³-hybridized carbons (Fsp3) is 0.500. The van der Waals surface area contributed by atoms with Gasteiger partial charge in [0.2, 0.25) is 0 Å². The SMILES string of the molecule is O=C(O)C1NCC12CC2c1ccncn1. The Balaban J connectivity index is 1.82. The standard InChI is InChI=1S/C10H11N3O2/c14-9(15)8-10(4-12-8)3-6(10)7-1-2-11-5-13-7/h1-2,5-6,8,12H,3-4H2,(H,14,15). The summed E-state index contributed by atoms with van der Waals surface area (Å²) in [6.45, 7) is 0.790. The second kappa shape index (κ2) is 2.76. The molecule has 1 aliphatic carbocycles. The highest BCUT2D eigenvalue weighted by molar-refractivity contribution is 5.77. The number of carbonyl (C=O) groups is 1. The van der Waals surface area contributed by atoms with Gasteiger partial charge in [0.15, 0.2) is 0 Å². The van der Waals surface area contributed by atoms with Crippen molar-refractivity contribution in [2.24, 2.45) is 5.41 Å². The van der Waals surface area contributed by atoms with Gasteiger partial charge in [0.25, 0.3) is 0 Å². The van der Waals surface area contributed by atoms with E-state index in [4.69, 9.17) is 5.11 Å². The molecule has 1 saturated carbocycles. The van der Waals surface area contributed by atoms with E-state index in [1.807, 2.05) is 6.07 Å². The molecule has 1 aliphatic heterocycles. The van der Waals surface area contributed by atoms with Gasteiger partial charge in [-0.2, -0.15) is 0 Å². The van der Waals surface area contributed by atoms with Gasteiger partial charge in [-0.05, 0) is 12.5 Å². The molecule has 0 amide bonds. The zero-order chi connectivity index (χ0) is 10.5. The molecule has 15 heavy (non-hydrogen) atoms. The van der Waals surface area contributed by atoms with Crippen molar-refractivity contribution < 1.29 is 9.90 Å². The Morgan fingerprint density at radius 2 is 2.53 bits per heavy atom. The maximum Gasteiger partial charge on any atom is 0.321 e. The summed E-state index contributed by atoms with van der Waals surface area (Å²) in [6.07, 6.45) is 4.15. The number of hydrogen-bond donors (Lipinski definition) is 2. The van der Waals surface area contributed by atoms with Crippen molar-refractivity contribution in [2.45, 2.75) is 18.4 Å². The van der Waals surface area contributed by atoms with Crippen LogP contribution in [0.5, 0.6) is 0 Å². The summed E-state index contributed by atoms with van der Waals surface area (Å²) >= 11 is 0. The van der Waals surface area contributed by atoms with Crippen molar-refractivity contribution >= 4 is 5.97 Å². The van der Waals surface area contributed by atoms with Crippen molar-refractivity contribution in [3.05, 3.63) is 24.3 Å². The normalized spacial score (nSPS) is 37.3. The molecule has 5 heteroatoms. The predicted octanol–water partition coefficient (Wildman–Crippen LogP) is 0.00670. The molecule has 2 aliphatic rings. The second-order valence-corrected chi connectivity index (χ2v) is 4.28. The molecule has 1 saturated heterocycles. The lowest BCUT2D eigenvalue weighted by atomic mass is 9.85. The zero-order valence-electron chi connectivity index (χ0n) is 8.05. The Hall–Kier alpha value is -1.49. The Morgan fingerprint density at radius 3 is 3.07 bits per heavy atom. The maximum absolute atomic E-state index is 10.9. The molecule has 1 aromatic heterocycles. The highest BCUT2D eigenvalue weighted by Crippen LogP contribution is 2.64. The number of nitrogens with zero attached hydrogens (tertiary/aromatic N) is 2. The van der Waals surface area contributed by atoms with Crippen LogP contribution in [0.15, 0.2) is 18.6 Å². The number of carboxylic acids is 1. The minimum absolute atomic E-state index is 0.0693. The van der Waals surface area contributed by atoms with Crippen LogP contribution in [0.25, 0.3) is 0 Å². The first-order valence-corrected chi connectivity index (χ1v) is 4.96. The van der Waals surface area contributed by atoms with Crippen LogP contribution >= 0.6 is 0 Å². The van der Waals surface area contributed by atoms with Crippen molar-refractivity contribution in [1.29, 1.82) is 0 Å². The van der Waals surface area contributed by atoms with E-state index in [0.717, 1.165) is 18.7 Å². The summed E-state index contributed by atoms with van der Waals surface area (Å²) in [7, 11) is 0. The van der Waals surface area contributed by atoms with E-state index in [2.05, 4.69) is 15.3 Å². The third-order valence-electron chi connectivity index (χ3n) is 3.54. The van der Waals surface area contributed by atoms with Crippen LogP contribution < -0.4 is 5.32 Å². The summed E-state index contributed by atoms with van der Waals surface area (Å²) in [5.41, 5.74) is 0.901. The van der Waals surface area contributed by atoms with E-state index in [-0.39, 0.29) is 5.41 Å². The monoisotopic (exact) mass is 205 g/mol. The van der Waals surface area contributed by atoms with Crippen LogP contribution in [0.1, 0.15) is 18.0 Å². The number of nitrogens with one attached hydrogen (secondary N) is 1. The number of hydrogen-bond acceptors (Lipinski definition) is 4. The third kappa shape index (κ3) is 1.10. The predicted molar refractivity (Wildman–Crippen MR) is 51.2 cm³/mol. The van der Waals surface area contributed by atoms with Gasteiger partial charge in [-0.3, -0.25) is 4.79 Å². The molecule has 3 unspecified atom stereocenters. The van der Waals surface area contributed by atoms with Crippen LogP contribution in [-0.4, -0.2) is 33.6 Å². The Bertz CT molecular complexity index is 408. The highest BCUT2D eigenvalue weighted by Gasteiger charge is 2.67. The minimum Gasteiger partial charge on any atom is -0.480 e. The van der Waals surface area contributed by atoms with Crippen LogP contribution in [0, 0.1) is 5.41 Å². The van der Waals surface area contributed by atoms with E-state index in [9.17, 15) is 4.79 Å². The maximum atomic E-state index is 10.9. The van der Waals surface area contributed by atoms with Gasteiger partial charge in [-0.15, -0.1) is 0 Å². The molecule has 3 atom stereocenters. The van der Waals surface area contributed by atoms with Crippen LogP contribution in [0.4, 0.5) is 0 Å². The van der Waals surface area contributed by atoms with E-state index in [1.54, 1.807) is 6.20 Å². The summed E-state index contributed by atoms with van der Waals surface area (Å²) in [6, 6.07) is 1.48. The van der Waals surface area contributed by atoms with Crippen molar-refractivity contribution in [3.8, 4) is 0 Å². The number of rotatable bonds is 2. The first-order valence-electron chi connectivity index (χ1n) is 4.96. The molecule has 78 valence electrons. The molecule has 2 fully saturated rings. The first-order chi connectivity index (χ1) is 7.24. The molecule has 3 rings (SSSR count). The molecule has 0 radical (unpaired) electrons. The van der Waals surface area contributed by atoms with Crippen LogP contribution in [0.2, 0.25) is 0 Å². The molecule has 0 bridgehead atoms. The van der Waals surface area contributed by atoms with E-state index in [1.165, 1.54) is 6.33 Å². The number of aromatic nitrogens is 2. The summed E-state index contributed by atoms with van der Waals surface area (Å²) in [4.78, 5) is 19.0. The molecule has 0 aromatic carbocycles.